The van der Waals surface area contributed by atoms with Gasteiger partial charge in [0, 0.05) is 0 Å². The fourth-order valence-electron chi connectivity index (χ4n) is 1.62. The van der Waals surface area contributed by atoms with Gasteiger partial charge in [-0.15, -0.1) is 0 Å². The van der Waals surface area contributed by atoms with E-state index >= 15 is 0 Å². The number of ether oxygens (including phenoxy) is 2. The molecule has 1 saturated carbocycles. The maximum absolute atomic E-state index is 10.8. The summed E-state index contributed by atoms with van der Waals surface area (Å²) in [6, 6.07) is 0. The summed E-state index contributed by atoms with van der Waals surface area (Å²) in [5.41, 5.74) is 0. The second-order valence-corrected chi connectivity index (χ2v) is 3.63. The molecule has 0 aliphatic heterocycles. The van der Waals surface area contributed by atoms with Crippen molar-refractivity contribution in [2.45, 2.75) is 44.3 Å². The topological polar surface area (TPSA) is 55.8 Å². The molecule has 0 bridgehead atoms. The van der Waals surface area contributed by atoms with Crippen molar-refractivity contribution in [1.82, 2.24) is 0 Å². The van der Waals surface area contributed by atoms with E-state index in [9.17, 15) is 9.90 Å². The molecule has 0 radical (unpaired) electrons. The molecule has 14 heavy (non-hydrogen) atoms. The van der Waals surface area contributed by atoms with Crippen molar-refractivity contribution in [2.24, 2.45) is 0 Å². The van der Waals surface area contributed by atoms with E-state index < -0.39 is 0 Å². The van der Waals surface area contributed by atoms with Crippen LogP contribution in [0.1, 0.15) is 32.1 Å². The molecule has 0 spiro atoms. The summed E-state index contributed by atoms with van der Waals surface area (Å²) in [5, 5.41) is 9.25. The van der Waals surface area contributed by atoms with Gasteiger partial charge >= 0.3 is 5.97 Å². The zero-order chi connectivity index (χ0) is 10.4. The van der Waals surface area contributed by atoms with E-state index in [1.165, 1.54) is 7.11 Å². The predicted octanol–water partition coefficient (Wildman–Crippen LogP) is 0.870. The summed E-state index contributed by atoms with van der Waals surface area (Å²) in [7, 11) is 1.37. The minimum Gasteiger partial charge on any atom is -0.469 e. The average Bonchev–Trinajstić information content (AvgIpc) is 2.21. The molecule has 1 fully saturated rings. The van der Waals surface area contributed by atoms with E-state index in [1.54, 1.807) is 0 Å². The zero-order valence-electron chi connectivity index (χ0n) is 8.57. The minimum atomic E-state index is -0.235. The third-order valence-electron chi connectivity index (χ3n) is 2.53. The van der Waals surface area contributed by atoms with Crippen LogP contribution in [-0.4, -0.2) is 37.0 Å². The van der Waals surface area contributed by atoms with Gasteiger partial charge in [0.1, 0.15) is 0 Å². The van der Waals surface area contributed by atoms with E-state index in [1.807, 2.05) is 0 Å². The van der Waals surface area contributed by atoms with Crippen molar-refractivity contribution >= 4 is 5.97 Å². The van der Waals surface area contributed by atoms with Crippen LogP contribution in [0.4, 0.5) is 0 Å². The van der Waals surface area contributed by atoms with Crippen LogP contribution in [0, 0.1) is 0 Å². The Hall–Kier alpha value is -0.610. The van der Waals surface area contributed by atoms with Crippen LogP contribution in [0.3, 0.4) is 0 Å². The number of methoxy groups -OCH3 is 1. The molecule has 1 aliphatic rings. The van der Waals surface area contributed by atoms with Gasteiger partial charge < -0.3 is 14.6 Å². The first-order valence-electron chi connectivity index (χ1n) is 5.09. The largest absolute Gasteiger partial charge is 0.469 e. The molecule has 4 nitrogen and oxygen atoms in total. The Labute approximate surface area is 84.2 Å². The molecule has 0 atom stereocenters. The van der Waals surface area contributed by atoms with Crippen LogP contribution < -0.4 is 0 Å². The third-order valence-corrected chi connectivity index (χ3v) is 2.53. The van der Waals surface area contributed by atoms with Crippen LogP contribution in [0.5, 0.6) is 0 Å². The summed E-state index contributed by atoms with van der Waals surface area (Å²) >= 11 is 0. The van der Waals surface area contributed by atoms with E-state index in [4.69, 9.17) is 4.74 Å². The Kier molecular flexibility index (Phi) is 4.90. The zero-order valence-corrected chi connectivity index (χ0v) is 8.57. The van der Waals surface area contributed by atoms with E-state index in [2.05, 4.69) is 4.74 Å². The van der Waals surface area contributed by atoms with Gasteiger partial charge in [-0.1, -0.05) is 0 Å². The monoisotopic (exact) mass is 202 g/mol. The van der Waals surface area contributed by atoms with E-state index in [-0.39, 0.29) is 18.2 Å². The van der Waals surface area contributed by atoms with Gasteiger partial charge in [0.25, 0.3) is 0 Å². The molecule has 1 rings (SSSR count). The third kappa shape index (κ3) is 4.07. The highest BCUT2D eigenvalue weighted by molar-refractivity contribution is 5.69. The Morgan fingerprint density at radius 2 is 2.00 bits per heavy atom. The van der Waals surface area contributed by atoms with Crippen molar-refractivity contribution in [2.75, 3.05) is 13.7 Å². The number of aliphatic hydroxyl groups excluding tert-OH is 1. The number of rotatable bonds is 4. The Bertz CT molecular complexity index is 173. The fourth-order valence-corrected chi connectivity index (χ4v) is 1.62. The van der Waals surface area contributed by atoms with Gasteiger partial charge in [-0.25, -0.2) is 0 Å². The van der Waals surface area contributed by atoms with Crippen LogP contribution in [0.2, 0.25) is 0 Å². The maximum Gasteiger partial charge on any atom is 0.307 e. The molecule has 0 aromatic carbocycles. The van der Waals surface area contributed by atoms with Gasteiger partial charge in [0.15, 0.2) is 0 Å². The van der Waals surface area contributed by atoms with E-state index in [0.717, 1.165) is 25.7 Å². The lowest BCUT2D eigenvalue weighted by Crippen LogP contribution is -2.25. The van der Waals surface area contributed by atoms with Gasteiger partial charge in [-0.2, -0.15) is 0 Å². The minimum absolute atomic E-state index is 0.157. The molecule has 0 amide bonds. The molecule has 0 unspecified atom stereocenters. The maximum atomic E-state index is 10.8. The van der Waals surface area contributed by atoms with Crippen LogP contribution in [0.25, 0.3) is 0 Å². The molecule has 1 aliphatic carbocycles. The summed E-state index contributed by atoms with van der Waals surface area (Å²) < 4.78 is 9.99. The molecule has 1 N–H and O–H groups in total. The number of esters is 1. The van der Waals surface area contributed by atoms with Crippen molar-refractivity contribution in [3.63, 3.8) is 0 Å². The molecule has 4 heteroatoms. The van der Waals surface area contributed by atoms with Gasteiger partial charge in [-0.3, -0.25) is 4.79 Å². The molecule has 0 saturated heterocycles. The number of carbonyl (C=O) groups is 1. The lowest BCUT2D eigenvalue weighted by Gasteiger charge is -2.25. The van der Waals surface area contributed by atoms with Gasteiger partial charge in [0.05, 0.1) is 32.3 Å². The highest BCUT2D eigenvalue weighted by atomic mass is 16.5. The quantitative estimate of drug-likeness (QED) is 0.687. The summed E-state index contributed by atoms with van der Waals surface area (Å²) in [6.45, 7) is 0.424. The number of aliphatic hydroxyl groups is 1. The summed E-state index contributed by atoms with van der Waals surface area (Å²) in [6.07, 6.45) is 3.77. The van der Waals surface area contributed by atoms with Crippen LogP contribution in [0.15, 0.2) is 0 Å². The summed E-state index contributed by atoms with van der Waals surface area (Å²) in [4.78, 5) is 10.8. The predicted molar refractivity (Wildman–Crippen MR) is 50.8 cm³/mol. The summed E-state index contributed by atoms with van der Waals surface area (Å²) in [5.74, 6) is -0.235. The molecule has 0 aromatic rings. The van der Waals surface area contributed by atoms with Crippen molar-refractivity contribution in [3.8, 4) is 0 Å². The number of carbonyl (C=O) groups excluding carboxylic acids is 1. The molecular weight excluding hydrogens is 184 g/mol. The van der Waals surface area contributed by atoms with E-state index in [0.29, 0.717) is 13.0 Å². The Morgan fingerprint density at radius 3 is 2.57 bits per heavy atom. The molecule has 82 valence electrons. The molecule has 0 heterocycles. The van der Waals surface area contributed by atoms with Crippen molar-refractivity contribution in [1.29, 1.82) is 0 Å². The second kappa shape index (κ2) is 5.98. The first kappa shape index (κ1) is 11.5. The highest BCUT2D eigenvalue weighted by Gasteiger charge is 2.19. The van der Waals surface area contributed by atoms with Crippen LogP contribution >= 0.6 is 0 Å². The standard InChI is InChI=1S/C10H18O4/c1-13-10(12)6-7-14-9-4-2-8(11)3-5-9/h8-9,11H,2-7H2,1H3. The second-order valence-electron chi connectivity index (χ2n) is 3.63. The SMILES string of the molecule is COC(=O)CCOC1CCC(O)CC1. The Morgan fingerprint density at radius 1 is 1.36 bits per heavy atom. The lowest BCUT2D eigenvalue weighted by atomic mass is 9.95. The smallest absolute Gasteiger partial charge is 0.307 e. The average molecular weight is 202 g/mol. The lowest BCUT2D eigenvalue weighted by molar-refractivity contribution is -0.142. The van der Waals surface area contributed by atoms with Crippen LogP contribution in [-0.2, 0) is 14.3 Å². The number of hydrogen-bond acceptors (Lipinski definition) is 4. The molecular formula is C10H18O4. The molecule has 0 aromatic heterocycles. The fraction of sp³-hybridized carbons (Fsp3) is 0.900. The normalized spacial score (nSPS) is 27.3. The Balaban J connectivity index is 2.04. The van der Waals surface area contributed by atoms with Gasteiger partial charge in [-0.05, 0) is 25.7 Å². The first-order chi connectivity index (χ1) is 6.72. The van der Waals surface area contributed by atoms with Crippen molar-refractivity contribution in [3.05, 3.63) is 0 Å². The number of hydrogen-bond donors (Lipinski definition) is 1. The first-order valence-corrected chi connectivity index (χ1v) is 5.09. The highest BCUT2D eigenvalue weighted by Crippen LogP contribution is 2.20. The van der Waals surface area contributed by atoms with Crippen molar-refractivity contribution < 1.29 is 19.4 Å². The van der Waals surface area contributed by atoms with Gasteiger partial charge in [0.2, 0.25) is 0 Å².